The van der Waals surface area contributed by atoms with Gasteiger partial charge in [0.15, 0.2) is 5.78 Å². The number of Topliss-reactive ketones (excluding diaryl/α,β-unsaturated/α-hetero) is 1. The molecule has 0 amide bonds. The molecule has 0 saturated heterocycles. The number of aromatic nitrogens is 2. The first-order chi connectivity index (χ1) is 12.8. The number of fused-ring (bicyclic) bond motifs is 1. The van der Waals surface area contributed by atoms with Gasteiger partial charge in [0.1, 0.15) is 10.3 Å². The molecule has 3 nitrogen and oxygen atoms in total. The molecule has 0 bridgehead atoms. The fourth-order valence-corrected chi connectivity index (χ4v) is 4.42. The van der Waals surface area contributed by atoms with Crippen molar-refractivity contribution < 1.29 is 4.79 Å². The Morgan fingerprint density at radius 3 is 2.41 bits per heavy atom. The normalized spacial score (nSPS) is 15.6. The van der Waals surface area contributed by atoms with Crippen LogP contribution in [0.2, 0.25) is 10.3 Å². The van der Waals surface area contributed by atoms with E-state index in [1.54, 1.807) is 12.1 Å². The van der Waals surface area contributed by atoms with E-state index in [1.165, 1.54) is 0 Å². The topological polar surface area (TPSA) is 45.8 Å². The number of nitrogens with one attached hydrogen (secondary N) is 1. The molecule has 1 N–H and O–H groups in total. The van der Waals surface area contributed by atoms with Crippen molar-refractivity contribution in [3.05, 3.63) is 75.2 Å². The number of hydrogen-bond acceptors (Lipinski definition) is 2. The molecule has 0 unspecified atom stereocenters. The zero-order valence-electron chi connectivity index (χ0n) is 15.3. The van der Waals surface area contributed by atoms with Gasteiger partial charge in [0, 0.05) is 29.7 Å². The number of aromatic amines is 1. The van der Waals surface area contributed by atoms with E-state index in [0.717, 1.165) is 40.1 Å². The molecule has 2 aromatic heterocycles. The molecule has 2 heterocycles. The molecular weight excluding hydrogens is 379 g/mol. The number of nitrogens with zero attached hydrogens (tertiary/aromatic N) is 1. The highest BCUT2D eigenvalue weighted by Crippen LogP contribution is 2.40. The van der Waals surface area contributed by atoms with Gasteiger partial charge in [0.2, 0.25) is 0 Å². The van der Waals surface area contributed by atoms with E-state index in [9.17, 15) is 4.79 Å². The number of rotatable bonds is 3. The monoisotopic (exact) mass is 398 g/mol. The van der Waals surface area contributed by atoms with E-state index in [-0.39, 0.29) is 11.2 Å². The summed E-state index contributed by atoms with van der Waals surface area (Å²) in [5.41, 5.74) is 5.70. The Bertz CT molecular complexity index is 1000. The van der Waals surface area contributed by atoms with Gasteiger partial charge in [0.05, 0.1) is 5.69 Å². The third kappa shape index (κ3) is 3.67. The maximum atomic E-state index is 13.0. The zero-order chi connectivity index (χ0) is 19.2. The Balaban J connectivity index is 1.91. The number of H-pyrrole nitrogens is 1. The summed E-state index contributed by atoms with van der Waals surface area (Å²) < 4.78 is 0. The lowest BCUT2D eigenvalue weighted by Crippen LogP contribution is -2.27. The molecule has 0 saturated carbocycles. The van der Waals surface area contributed by atoms with Crippen molar-refractivity contribution in [2.45, 2.75) is 33.1 Å². The third-order valence-electron chi connectivity index (χ3n) is 5.03. The molecule has 0 spiro atoms. The van der Waals surface area contributed by atoms with E-state index in [2.05, 4.69) is 35.9 Å². The molecule has 0 aliphatic heterocycles. The zero-order valence-corrected chi connectivity index (χ0v) is 16.8. The predicted molar refractivity (Wildman–Crippen MR) is 110 cm³/mol. The fraction of sp³-hybridized carbons (Fsp3) is 0.273. The van der Waals surface area contributed by atoms with Crippen molar-refractivity contribution in [1.29, 1.82) is 0 Å². The van der Waals surface area contributed by atoms with Crippen LogP contribution in [0.5, 0.6) is 0 Å². The molecule has 4 rings (SSSR count). The van der Waals surface area contributed by atoms with E-state index >= 15 is 0 Å². The van der Waals surface area contributed by atoms with Crippen LogP contribution in [0.15, 0.2) is 42.5 Å². The summed E-state index contributed by atoms with van der Waals surface area (Å²) in [5.74, 6) is 0.195. The molecule has 27 heavy (non-hydrogen) atoms. The number of halogens is 2. The van der Waals surface area contributed by atoms with Crippen LogP contribution in [0.3, 0.4) is 0 Å². The largest absolute Gasteiger partial charge is 0.358 e. The average Bonchev–Trinajstić information content (AvgIpc) is 2.92. The molecule has 1 aliphatic carbocycles. The van der Waals surface area contributed by atoms with E-state index in [4.69, 9.17) is 23.2 Å². The Morgan fingerprint density at radius 2 is 1.74 bits per heavy atom. The van der Waals surface area contributed by atoms with Crippen molar-refractivity contribution in [3.63, 3.8) is 0 Å². The Morgan fingerprint density at radius 1 is 1.07 bits per heavy atom. The molecular formula is C22H20Cl2N2O. The van der Waals surface area contributed by atoms with Crippen LogP contribution in [-0.2, 0) is 12.8 Å². The summed E-state index contributed by atoms with van der Waals surface area (Å²) in [7, 11) is 0. The first-order valence-corrected chi connectivity index (χ1v) is 9.72. The fourth-order valence-electron chi connectivity index (χ4n) is 3.96. The second-order valence-corrected chi connectivity index (χ2v) is 8.71. The number of pyridine rings is 1. The molecule has 0 fully saturated rings. The first-order valence-electron chi connectivity index (χ1n) is 8.97. The van der Waals surface area contributed by atoms with Gasteiger partial charge in [0.25, 0.3) is 0 Å². The standard InChI is InChI=1S/C22H20Cl2N2O/c1-22(2)11-16-20(17(27)12-22)15(8-13-6-4-3-5-7-13)21(25-16)14-9-18(23)26-19(24)10-14/h3-7,9-10,25H,8,11-12H2,1-2H3. The first kappa shape index (κ1) is 18.3. The van der Waals surface area contributed by atoms with Crippen LogP contribution in [0.1, 0.15) is 47.4 Å². The minimum absolute atomic E-state index is 0.0518. The van der Waals surface area contributed by atoms with Crippen LogP contribution < -0.4 is 0 Å². The molecule has 5 heteroatoms. The number of ketones is 1. The molecule has 0 radical (unpaired) electrons. The van der Waals surface area contributed by atoms with Gasteiger partial charge in [-0.3, -0.25) is 4.79 Å². The second-order valence-electron chi connectivity index (χ2n) is 7.94. The summed E-state index contributed by atoms with van der Waals surface area (Å²) in [5, 5.41) is 0.671. The molecule has 3 aromatic rings. The minimum Gasteiger partial charge on any atom is -0.358 e. The van der Waals surface area contributed by atoms with Crippen LogP contribution in [0, 0.1) is 5.41 Å². The summed E-state index contributed by atoms with van der Waals surface area (Å²) in [6.07, 6.45) is 2.06. The number of benzene rings is 1. The maximum Gasteiger partial charge on any atom is 0.165 e. The smallest absolute Gasteiger partial charge is 0.165 e. The third-order valence-corrected chi connectivity index (χ3v) is 5.42. The predicted octanol–water partition coefficient (Wildman–Crippen LogP) is 6.13. The van der Waals surface area contributed by atoms with E-state index < -0.39 is 0 Å². The maximum absolute atomic E-state index is 13.0. The van der Waals surface area contributed by atoms with Crippen LogP contribution in [0.25, 0.3) is 11.3 Å². The molecule has 138 valence electrons. The number of carbonyl (C=O) groups is 1. The lowest BCUT2D eigenvalue weighted by molar-refractivity contribution is 0.0911. The van der Waals surface area contributed by atoms with Crippen molar-refractivity contribution >= 4 is 29.0 Å². The number of carbonyl (C=O) groups excluding carboxylic acids is 1. The minimum atomic E-state index is -0.0518. The Hall–Kier alpha value is -2.10. The van der Waals surface area contributed by atoms with Gasteiger partial charge in [-0.25, -0.2) is 4.98 Å². The number of hydrogen-bond donors (Lipinski definition) is 1. The molecule has 0 atom stereocenters. The summed E-state index contributed by atoms with van der Waals surface area (Å²) in [6, 6.07) is 13.7. The Kier molecular flexibility index (Phi) is 4.61. The summed E-state index contributed by atoms with van der Waals surface area (Å²) in [4.78, 5) is 20.6. The van der Waals surface area contributed by atoms with Gasteiger partial charge < -0.3 is 4.98 Å². The van der Waals surface area contributed by atoms with Crippen molar-refractivity contribution in [1.82, 2.24) is 9.97 Å². The van der Waals surface area contributed by atoms with Crippen molar-refractivity contribution in [2.24, 2.45) is 5.41 Å². The average molecular weight is 399 g/mol. The van der Waals surface area contributed by atoms with Crippen LogP contribution in [-0.4, -0.2) is 15.8 Å². The van der Waals surface area contributed by atoms with Crippen molar-refractivity contribution in [3.8, 4) is 11.3 Å². The lowest BCUT2D eigenvalue weighted by Gasteiger charge is -2.28. The summed E-state index contributed by atoms with van der Waals surface area (Å²) >= 11 is 12.3. The summed E-state index contributed by atoms with van der Waals surface area (Å²) in [6.45, 7) is 4.26. The van der Waals surface area contributed by atoms with Crippen LogP contribution >= 0.6 is 23.2 Å². The highest BCUT2D eigenvalue weighted by molar-refractivity contribution is 6.32. The SMILES string of the molecule is CC1(C)CC(=O)c2c([nH]c(-c3cc(Cl)nc(Cl)c3)c2Cc2ccccc2)C1. The van der Waals surface area contributed by atoms with E-state index in [1.807, 2.05) is 18.2 Å². The lowest BCUT2D eigenvalue weighted by atomic mass is 9.75. The van der Waals surface area contributed by atoms with E-state index in [0.29, 0.717) is 23.1 Å². The highest BCUT2D eigenvalue weighted by Gasteiger charge is 2.35. The highest BCUT2D eigenvalue weighted by atomic mass is 35.5. The van der Waals surface area contributed by atoms with Gasteiger partial charge >= 0.3 is 0 Å². The van der Waals surface area contributed by atoms with Crippen molar-refractivity contribution in [2.75, 3.05) is 0 Å². The molecule has 1 aromatic carbocycles. The quantitative estimate of drug-likeness (QED) is 0.539. The van der Waals surface area contributed by atoms with Gasteiger partial charge in [-0.1, -0.05) is 67.4 Å². The van der Waals surface area contributed by atoms with Crippen LogP contribution in [0.4, 0.5) is 0 Å². The van der Waals surface area contributed by atoms with Gasteiger partial charge in [-0.05, 0) is 35.1 Å². The molecule has 1 aliphatic rings. The van der Waals surface area contributed by atoms with Gasteiger partial charge in [-0.2, -0.15) is 0 Å². The van der Waals surface area contributed by atoms with Gasteiger partial charge in [-0.15, -0.1) is 0 Å². The second kappa shape index (κ2) is 6.81. The Labute approximate surface area is 168 Å².